The molecule has 1 aromatic rings. The van der Waals surface area contributed by atoms with Gasteiger partial charge in [-0.15, -0.1) is 0 Å². The Morgan fingerprint density at radius 2 is 2.15 bits per heavy atom. The second-order valence-corrected chi connectivity index (χ2v) is 6.01. The number of nitriles is 1. The number of nitrogens with two attached hydrogens (primary N) is 1. The number of nitro groups is 1. The fourth-order valence-corrected chi connectivity index (χ4v) is 2.96. The number of ether oxygens (including phenoxy) is 2. The zero-order chi connectivity index (χ0) is 20.3. The molecule has 1 aliphatic heterocycles. The van der Waals surface area contributed by atoms with E-state index in [0.29, 0.717) is 11.3 Å². The van der Waals surface area contributed by atoms with Crippen LogP contribution in [0.3, 0.4) is 0 Å². The van der Waals surface area contributed by atoms with Crippen LogP contribution in [0.15, 0.2) is 41.0 Å². The van der Waals surface area contributed by atoms with E-state index in [0.717, 1.165) is 0 Å². The summed E-state index contributed by atoms with van der Waals surface area (Å²) < 4.78 is 10.5. The number of rotatable bonds is 5. The zero-order valence-corrected chi connectivity index (χ0v) is 15.5. The molecule has 0 fully saturated rings. The van der Waals surface area contributed by atoms with Crippen molar-refractivity contribution in [1.82, 2.24) is 0 Å². The summed E-state index contributed by atoms with van der Waals surface area (Å²) in [5.41, 5.74) is 6.77. The van der Waals surface area contributed by atoms with Crippen molar-refractivity contribution in [3.05, 3.63) is 56.7 Å². The summed E-state index contributed by atoms with van der Waals surface area (Å²) >= 11 is 0. The Bertz CT molecular complexity index is 896. The third kappa shape index (κ3) is 3.69. The lowest BCUT2D eigenvalue weighted by Crippen LogP contribution is -2.27. The normalized spacial score (nSPS) is 16.5. The van der Waals surface area contributed by atoms with Crippen molar-refractivity contribution < 1.29 is 19.2 Å². The van der Waals surface area contributed by atoms with Crippen molar-refractivity contribution in [2.45, 2.75) is 19.8 Å². The van der Waals surface area contributed by atoms with Crippen LogP contribution in [0.2, 0.25) is 0 Å². The van der Waals surface area contributed by atoms with E-state index in [4.69, 9.17) is 15.2 Å². The summed E-state index contributed by atoms with van der Waals surface area (Å²) in [6.45, 7) is 3.31. The number of anilines is 1. The van der Waals surface area contributed by atoms with Crippen LogP contribution >= 0.6 is 0 Å². The van der Waals surface area contributed by atoms with Gasteiger partial charge in [-0.3, -0.25) is 10.1 Å². The minimum atomic E-state index is -0.944. The monoisotopic (exact) mass is 372 g/mol. The lowest BCUT2D eigenvalue weighted by atomic mass is 9.82. The minimum Gasteiger partial charge on any atom is -0.463 e. The van der Waals surface area contributed by atoms with Crippen LogP contribution in [0.1, 0.15) is 25.3 Å². The highest BCUT2D eigenvalue weighted by atomic mass is 16.6. The summed E-state index contributed by atoms with van der Waals surface area (Å²) in [7, 11) is 3.51. The van der Waals surface area contributed by atoms with Gasteiger partial charge in [0.25, 0.3) is 5.69 Å². The minimum absolute atomic E-state index is 0.00717. The van der Waals surface area contributed by atoms with E-state index in [1.54, 1.807) is 32.0 Å². The van der Waals surface area contributed by atoms with Crippen LogP contribution in [0.4, 0.5) is 11.4 Å². The van der Waals surface area contributed by atoms with Crippen molar-refractivity contribution in [2.75, 3.05) is 25.6 Å². The molecule has 9 heteroatoms. The molecule has 0 amide bonds. The summed E-state index contributed by atoms with van der Waals surface area (Å²) in [5, 5.41) is 20.9. The molecule has 0 bridgehead atoms. The van der Waals surface area contributed by atoms with Crippen molar-refractivity contribution in [3.8, 4) is 6.07 Å². The summed E-state index contributed by atoms with van der Waals surface area (Å²) in [6, 6.07) is 6.22. The van der Waals surface area contributed by atoms with Gasteiger partial charge in [0.1, 0.15) is 17.4 Å². The first kappa shape index (κ1) is 19.8. The van der Waals surface area contributed by atoms with Crippen LogP contribution < -0.4 is 10.6 Å². The van der Waals surface area contributed by atoms with Crippen LogP contribution in [-0.2, 0) is 14.3 Å². The molecule has 0 saturated carbocycles. The van der Waals surface area contributed by atoms with E-state index in [1.807, 2.05) is 6.07 Å². The molecule has 2 N–H and O–H groups in total. The van der Waals surface area contributed by atoms with Crippen LogP contribution in [0.25, 0.3) is 0 Å². The Labute approximate surface area is 156 Å². The molecule has 1 heterocycles. The molecule has 142 valence electrons. The highest BCUT2D eigenvalue weighted by Gasteiger charge is 2.38. The van der Waals surface area contributed by atoms with Gasteiger partial charge >= 0.3 is 5.97 Å². The average Bonchev–Trinajstić information content (AvgIpc) is 2.60. The number of allylic oxidation sites excluding steroid dienone is 2. The first-order valence-electron chi connectivity index (χ1n) is 8.14. The maximum atomic E-state index is 12.6. The Balaban J connectivity index is 2.82. The lowest BCUT2D eigenvalue weighted by Gasteiger charge is -2.29. The molecule has 0 aromatic heterocycles. The van der Waals surface area contributed by atoms with Crippen molar-refractivity contribution in [3.63, 3.8) is 0 Å². The number of benzene rings is 1. The second kappa shape index (κ2) is 7.78. The number of nitrogens with zero attached hydrogens (tertiary/aromatic N) is 3. The molecule has 1 aliphatic rings. The largest absolute Gasteiger partial charge is 0.463 e. The molecule has 0 spiro atoms. The Morgan fingerprint density at radius 3 is 2.67 bits per heavy atom. The van der Waals surface area contributed by atoms with Crippen molar-refractivity contribution in [2.24, 2.45) is 5.73 Å². The molecule has 0 saturated heterocycles. The van der Waals surface area contributed by atoms with Crippen LogP contribution in [-0.4, -0.2) is 31.6 Å². The third-order valence-corrected chi connectivity index (χ3v) is 4.12. The molecule has 1 aromatic carbocycles. The SMILES string of the molecule is CCOC(=O)C1=C(C)OC(N)=C(C#N)C1c1cc([N+](=O)[O-])ccc1N(C)C. The standard InChI is InChI=1S/C18H20N4O5/c1-5-26-18(23)15-10(2)27-17(20)13(9-19)16(15)12-8-11(22(24)25)6-7-14(12)21(3)4/h6-8,16H,5,20H2,1-4H3. The summed E-state index contributed by atoms with van der Waals surface area (Å²) in [5.74, 6) is -1.58. The Hall–Kier alpha value is -3.54. The highest BCUT2D eigenvalue weighted by molar-refractivity contribution is 5.93. The number of esters is 1. The van der Waals surface area contributed by atoms with Crippen LogP contribution in [0, 0.1) is 21.4 Å². The predicted octanol–water partition coefficient (Wildman–Crippen LogP) is 2.31. The number of non-ortho nitro benzene ring substituents is 1. The molecule has 2 rings (SSSR count). The van der Waals surface area contributed by atoms with Crippen molar-refractivity contribution >= 4 is 17.3 Å². The quantitative estimate of drug-likeness (QED) is 0.473. The van der Waals surface area contributed by atoms with E-state index < -0.39 is 16.8 Å². The predicted molar refractivity (Wildman–Crippen MR) is 97.4 cm³/mol. The summed E-state index contributed by atoms with van der Waals surface area (Å²) in [4.78, 5) is 25.1. The second-order valence-electron chi connectivity index (χ2n) is 6.01. The maximum absolute atomic E-state index is 12.6. The van der Waals surface area contributed by atoms with Gasteiger partial charge < -0.3 is 20.1 Å². The van der Waals surface area contributed by atoms with Gasteiger partial charge in [-0.2, -0.15) is 5.26 Å². The van der Waals surface area contributed by atoms with E-state index >= 15 is 0 Å². The van der Waals surface area contributed by atoms with Gasteiger partial charge in [-0.1, -0.05) is 0 Å². The number of carbonyl (C=O) groups is 1. The molecular weight excluding hydrogens is 352 g/mol. The molecule has 1 unspecified atom stereocenters. The number of hydrogen-bond acceptors (Lipinski definition) is 8. The fourth-order valence-electron chi connectivity index (χ4n) is 2.96. The first-order chi connectivity index (χ1) is 12.7. The number of hydrogen-bond donors (Lipinski definition) is 1. The molecular formula is C18H20N4O5. The number of nitro benzene ring substituents is 1. The molecule has 1 atom stereocenters. The van der Waals surface area contributed by atoms with Gasteiger partial charge in [0, 0.05) is 31.9 Å². The van der Waals surface area contributed by atoms with E-state index in [9.17, 15) is 20.2 Å². The van der Waals surface area contributed by atoms with Gasteiger partial charge in [0.05, 0.1) is 23.0 Å². The van der Waals surface area contributed by atoms with E-state index in [1.165, 1.54) is 19.1 Å². The maximum Gasteiger partial charge on any atom is 0.338 e. The van der Waals surface area contributed by atoms with Gasteiger partial charge in [-0.25, -0.2) is 4.79 Å². The van der Waals surface area contributed by atoms with Crippen LogP contribution in [0.5, 0.6) is 0 Å². The van der Waals surface area contributed by atoms with Gasteiger partial charge in [-0.05, 0) is 25.5 Å². The molecule has 0 aliphatic carbocycles. The topological polar surface area (TPSA) is 132 Å². The first-order valence-corrected chi connectivity index (χ1v) is 8.14. The lowest BCUT2D eigenvalue weighted by molar-refractivity contribution is -0.384. The molecule has 0 radical (unpaired) electrons. The van der Waals surface area contributed by atoms with E-state index in [-0.39, 0.29) is 35.1 Å². The molecule has 9 nitrogen and oxygen atoms in total. The van der Waals surface area contributed by atoms with Gasteiger partial charge in [0.15, 0.2) is 0 Å². The summed E-state index contributed by atoms with van der Waals surface area (Å²) in [6.07, 6.45) is 0. The van der Waals surface area contributed by atoms with E-state index in [2.05, 4.69) is 0 Å². The Morgan fingerprint density at radius 1 is 1.48 bits per heavy atom. The van der Waals surface area contributed by atoms with Gasteiger partial charge in [0.2, 0.25) is 5.88 Å². The number of carbonyl (C=O) groups excluding carboxylic acids is 1. The zero-order valence-electron chi connectivity index (χ0n) is 15.5. The highest BCUT2D eigenvalue weighted by Crippen LogP contribution is 2.43. The molecule has 27 heavy (non-hydrogen) atoms. The fraction of sp³-hybridized carbons (Fsp3) is 0.333. The Kier molecular flexibility index (Phi) is 5.70. The third-order valence-electron chi connectivity index (χ3n) is 4.12. The average molecular weight is 372 g/mol. The van der Waals surface area contributed by atoms with Crippen molar-refractivity contribution in [1.29, 1.82) is 5.26 Å². The smallest absolute Gasteiger partial charge is 0.338 e.